The van der Waals surface area contributed by atoms with Crippen molar-refractivity contribution in [1.82, 2.24) is 0 Å². The van der Waals surface area contributed by atoms with Crippen LogP contribution >= 0.6 is 0 Å². The first-order chi connectivity index (χ1) is 12.2. The molecule has 1 aromatic heterocycles. The van der Waals surface area contributed by atoms with Crippen LogP contribution in [0.4, 0.5) is 4.39 Å². The number of nitriles is 1. The molecule has 4 nitrogen and oxygen atoms in total. The maximum atomic E-state index is 13.9. The van der Waals surface area contributed by atoms with Crippen LogP contribution < -0.4 is 4.74 Å². The molecule has 122 valence electrons. The van der Waals surface area contributed by atoms with Gasteiger partial charge >= 0.3 is 5.97 Å². The zero-order chi connectivity index (χ0) is 17.6. The average molecular weight is 333 g/mol. The highest BCUT2D eigenvalue weighted by Crippen LogP contribution is 2.23. The summed E-state index contributed by atoms with van der Waals surface area (Å²) in [6.45, 7) is 0. The Labute approximate surface area is 143 Å². The van der Waals surface area contributed by atoms with Crippen molar-refractivity contribution in [3.8, 4) is 11.8 Å². The van der Waals surface area contributed by atoms with Gasteiger partial charge in [0.25, 0.3) is 0 Å². The van der Waals surface area contributed by atoms with Crippen LogP contribution in [0.5, 0.6) is 5.75 Å². The lowest BCUT2D eigenvalue weighted by Crippen LogP contribution is -2.07. The van der Waals surface area contributed by atoms with E-state index in [1.807, 2.05) is 6.07 Å². The molecule has 0 aliphatic heterocycles. The first-order valence-corrected chi connectivity index (χ1v) is 7.40. The number of allylic oxidation sites excluding steroid dienone is 1. The van der Waals surface area contributed by atoms with Crippen LogP contribution in [0.2, 0.25) is 0 Å². The van der Waals surface area contributed by atoms with Gasteiger partial charge < -0.3 is 9.15 Å². The van der Waals surface area contributed by atoms with Crippen molar-refractivity contribution < 1.29 is 18.3 Å². The molecule has 0 amide bonds. The Bertz CT molecular complexity index is 969. The Hall–Kier alpha value is -3.65. The third kappa shape index (κ3) is 3.82. The SMILES string of the molecule is N#C/C(=C/c1cccc(OC(=O)c2ccco2)c1)c1ccccc1F. The van der Waals surface area contributed by atoms with E-state index < -0.39 is 11.8 Å². The van der Waals surface area contributed by atoms with Gasteiger partial charge in [-0.05, 0) is 42.0 Å². The van der Waals surface area contributed by atoms with E-state index in [0.29, 0.717) is 11.3 Å². The fourth-order valence-electron chi connectivity index (χ4n) is 2.24. The Morgan fingerprint density at radius 1 is 1.12 bits per heavy atom. The lowest BCUT2D eigenvalue weighted by Gasteiger charge is -2.04. The van der Waals surface area contributed by atoms with E-state index in [1.165, 1.54) is 30.5 Å². The van der Waals surface area contributed by atoms with Crippen molar-refractivity contribution in [1.29, 1.82) is 5.26 Å². The van der Waals surface area contributed by atoms with Gasteiger partial charge in [-0.25, -0.2) is 9.18 Å². The Balaban J connectivity index is 1.87. The number of carbonyl (C=O) groups is 1. The minimum Gasteiger partial charge on any atom is -0.457 e. The topological polar surface area (TPSA) is 63.2 Å². The second-order valence-corrected chi connectivity index (χ2v) is 5.09. The van der Waals surface area contributed by atoms with Crippen LogP contribution in [0.1, 0.15) is 21.7 Å². The highest BCUT2D eigenvalue weighted by molar-refractivity contribution is 5.90. The van der Waals surface area contributed by atoms with Gasteiger partial charge in [0.2, 0.25) is 5.76 Å². The number of hydrogen-bond donors (Lipinski definition) is 0. The van der Waals surface area contributed by atoms with Crippen molar-refractivity contribution in [2.75, 3.05) is 0 Å². The van der Waals surface area contributed by atoms with Crippen LogP contribution in [0.15, 0.2) is 71.3 Å². The first-order valence-electron chi connectivity index (χ1n) is 7.40. The van der Waals surface area contributed by atoms with E-state index in [-0.39, 0.29) is 16.9 Å². The standard InChI is InChI=1S/C20H12FNO3/c21-18-8-2-1-7-17(18)15(13-22)11-14-5-3-6-16(12-14)25-20(23)19-9-4-10-24-19/h1-12H/b15-11-. The molecule has 0 radical (unpaired) electrons. The number of halogens is 1. The van der Waals surface area contributed by atoms with Crippen molar-refractivity contribution in [2.45, 2.75) is 0 Å². The number of benzene rings is 2. The molecule has 25 heavy (non-hydrogen) atoms. The van der Waals surface area contributed by atoms with E-state index in [4.69, 9.17) is 9.15 Å². The molecular weight excluding hydrogens is 321 g/mol. The molecule has 0 spiro atoms. The zero-order valence-electron chi connectivity index (χ0n) is 13.0. The predicted octanol–water partition coefficient (Wildman–Crippen LogP) is 4.70. The number of rotatable bonds is 4. The lowest BCUT2D eigenvalue weighted by atomic mass is 10.0. The molecule has 0 N–H and O–H groups in total. The molecule has 3 rings (SSSR count). The maximum absolute atomic E-state index is 13.9. The van der Waals surface area contributed by atoms with Crippen molar-refractivity contribution >= 4 is 17.6 Å². The van der Waals surface area contributed by atoms with E-state index in [2.05, 4.69) is 0 Å². The normalized spacial score (nSPS) is 11.0. The minimum atomic E-state index is -0.624. The molecule has 0 saturated heterocycles. The van der Waals surface area contributed by atoms with E-state index >= 15 is 0 Å². The minimum absolute atomic E-state index is 0.0880. The molecule has 5 heteroatoms. The third-order valence-electron chi connectivity index (χ3n) is 3.39. The smallest absolute Gasteiger partial charge is 0.379 e. The van der Waals surface area contributed by atoms with Gasteiger partial charge in [-0.15, -0.1) is 0 Å². The lowest BCUT2D eigenvalue weighted by molar-refractivity contribution is 0.0701. The summed E-state index contributed by atoms with van der Waals surface area (Å²) in [6.07, 6.45) is 2.91. The molecule has 0 fully saturated rings. The summed E-state index contributed by atoms with van der Waals surface area (Å²) in [5.41, 5.74) is 0.986. The second-order valence-electron chi connectivity index (χ2n) is 5.09. The Morgan fingerprint density at radius 2 is 1.96 bits per heavy atom. The number of hydrogen-bond acceptors (Lipinski definition) is 4. The fourth-order valence-corrected chi connectivity index (χ4v) is 2.24. The van der Waals surface area contributed by atoms with E-state index in [9.17, 15) is 14.4 Å². The molecule has 2 aromatic carbocycles. The number of nitrogens with zero attached hydrogens (tertiary/aromatic N) is 1. The molecule has 0 unspecified atom stereocenters. The molecule has 0 aliphatic rings. The van der Waals surface area contributed by atoms with Crippen LogP contribution in [-0.2, 0) is 0 Å². The van der Waals surface area contributed by atoms with Gasteiger partial charge in [-0.2, -0.15) is 5.26 Å². The van der Waals surface area contributed by atoms with E-state index in [0.717, 1.165) is 0 Å². The average Bonchev–Trinajstić information content (AvgIpc) is 3.15. The molecule has 0 aliphatic carbocycles. The number of esters is 1. The fraction of sp³-hybridized carbons (Fsp3) is 0. The summed E-state index contributed by atoms with van der Waals surface area (Å²) in [5, 5.41) is 9.32. The van der Waals surface area contributed by atoms with Crippen LogP contribution in [0.25, 0.3) is 11.6 Å². The van der Waals surface area contributed by atoms with Gasteiger partial charge in [0.15, 0.2) is 0 Å². The summed E-state index contributed by atoms with van der Waals surface area (Å²) < 4.78 is 24.1. The van der Waals surface area contributed by atoms with Crippen LogP contribution in [-0.4, -0.2) is 5.97 Å². The van der Waals surface area contributed by atoms with Crippen LogP contribution in [0.3, 0.4) is 0 Å². The van der Waals surface area contributed by atoms with Gasteiger partial charge in [0, 0.05) is 5.56 Å². The van der Waals surface area contributed by atoms with Crippen molar-refractivity contribution in [2.24, 2.45) is 0 Å². The third-order valence-corrected chi connectivity index (χ3v) is 3.39. The molecule has 0 bridgehead atoms. The quantitative estimate of drug-likeness (QED) is 0.300. The van der Waals surface area contributed by atoms with Crippen LogP contribution in [0, 0.1) is 17.1 Å². The molecule has 3 aromatic rings. The molecule has 0 atom stereocenters. The predicted molar refractivity (Wildman–Crippen MR) is 90.0 cm³/mol. The molecular formula is C20H12FNO3. The summed E-state index contributed by atoms with van der Waals surface area (Å²) in [4.78, 5) is 11.9. The first kappa shape index (κ1) is 16.2. The number of ether oxygens (including phenoxy) is 1. The second kappa shape index (κ2) is 7.28. The zero-order valence-corrected chi connectivity index (χ0v) is 13.0. The van der Waals surface area contributed by atoms with Gasteiger partial charge in [-0.1, -0.05) is 30.3 Å². The summed E-state index contributed by atoms with van der Waals surface area (Å²) in [7, 11) is 0. The Morgan fingerprint density at radius 3 is 2.68 bits per heavy atom. The van der Waals surface area contributed by atoms with Gasteiger partial charge in [-0.3, -0.25) is 0 Å². The highest BCUT2D eigenvalue weighted by Gasteiger charge is 2.12. The number of carbonyl (C=O) groups excluding carboxylic acids is 1. The summed E-state index contributed by atoms with van der Waals surface area (Å²) >= 11 is 0. The summed E-state index contributed by atoms with van der Waals surface area (Å²) in [5.74, 6) is -0.720. The largest absolute Gasteiger partial charge is 0.457 e. The summed E-state index contributed by atoms with van der Waals surface area (Å²) in [6, 6.07) is 17.7. The molecule has 1 heterocycles. The van der Waals surface area contributed by atoms with Crippen molar-refractivity contribution in [3.63, 3.8) is 0 Å². The monoisotopic (exact) mass is 333 g/mol. The number of furan rings is 1. The maximum Gasteiger partial charge on any atom is 0.379 e. The highest BCUT2D eigenvalue weighted by atomic mass is 19.1. The van der Waals surface area contributed by atoms with Gasteiger partial charge in [0.1, 0.15) is 11.6 Å². The van der Waals surface area contributed by atoms with Crippen molar-refractivity contribution in [3.05, 3.63) is 89.6 Å². The van der Waals surface area contributed by atoms with E-state index in [1.54, 1.807) is 42.5 Å². The Kier molecular flexibility index (Phi) is 4.72. The van der Waals surface area contributed by atoms with Gasteiger partial charge in [0.05, 0.1) is 17.9 Å². The molecule has 0 saturated carbocycles.